The van der Waals surface area contributed by atoms with Crippen LogP contribution in [-0.4, -0.2) is 75.6 Å². The van der Waals surface area contributed by atoms with Crippen LogP contribution in [0.2, 0.25) is 0 Å². The summed E-state index contributed by atoms with van der Waals surface area (Å²) in [5.74, 6) is -0.742. The Bertz CT molecular complexity index is 334. The monoisotopic (exact) mass is 300 g/mol. The zero-order valence-electron chi connectivity index (χ0n) is 12.7. The summed E-state index contributed by atoms with van der Waals surface area (Å²) in [7, 11) is 0. The van der Waals surface area contributed by atoms with Gasteiger partial charge in [0.15, 0.2) is 0 Å². The minimum Gasteiger partial charge on any atom is -0.481 e. The number of hydrogen-bond acceptors (Lipinski definition) is 5. The second-order valence-electron chi connectivity index (χ2n) is 6.31. The second-order valence-corrected chi connectivity index (χ2v) is 6.31. The van der Waals surface area contributed by atoms with E-state index in [1.54, 1.807) is 0 Å². The van der Waals surface area contributed by atoms with Crippen molar-refractivity contribution in [1.82, 2.24) is 9.80 Å². The van der Waals surface area contributed by atoms with Crippen LogP contribution in [-0.2, 0) is 4.79 Å². The summed E-state index contributed by atoms with van der Waals surface area (Å²) < 4.78 is 0. The van der Waals surface area contributed by atoms with Gasteiger partial charge in [-0.3, -0.25) is 14.6 Å². The van der Waals surface area contributed by atoms with E-state index < -0.39 is 12.2 Å². The molecule has 2 heterocycles. The SMILES string of the molecule is O=C(O)CCCCCN1CC(O)CC1C(O)N1CCCC1. The zero-order valence-corrected chi connectivity index (χ0v) is 12.7. The summed E-state index contributed by atoms with van der Waals surface area (Å²) in [5.41, 5.74) is 0. The van der Waals surface area contributed by atoms with Crippen molar-refractivity contribution in [2.24, 2.45) is 0 Å². The van der Waals surface area contributed by atoms with Crippen molar-refractivity contribution in [2.45, 2.75) is 63.3 Å². The molecule has 2 rings (SSSR count). The highest BCUT2D eigenvalue weighted by atomic mass is 16.4. The number of nitrogens with zero attached hydrogens (tertiary/aromatic N) is 2. The van der Waals surface area contributed by atoms with Gasteiger partial charge in [-0.05, 0) is 38.6 Å². The van der Waals surface area contributed by atoms with Gasteiger partial charge in [0.05, 0.1) is 12.1 Å². The number of unbranched alkanes of at least 4 members (excludes halogenated alkanes) is 2. The van der Waals surface area contributed by atoms with Crippen molar-refractivity contribution in [1.29, 1.82) is 0 Å². The Balaban J connectivity index is 1.75. The molecule has 2 fully saturated rings. The highest BCUT2D eigenvalue weighted by Crippen LogP contribution is 2.25. The molecule has 0 amide bonds. The summed E-state index contributed by atoms with van der Waals surface area (Å²) in [6, 6.07) is 0.0116. The number of rotatable bonds is 8. The highest BCUT2D eigenvalue weighted by Gasteiger charge is 2.38. The Labute approximate surface area is 126 Å². The van der Waals surface area contributed by atoms with Crippen LogP contribution >= 0.6 is 0 Å². The molecule has 0 aromatic rings. The molecular formula is C15H28N2O4. The number of aliphatic hydroxyl groups excluding tert-OH is 2. The Morgan fingerprint density at radius 2 is 1.90 bits per heavy atom. The molecule has 3 N–H and O–H groups in total. The quantitative estimate of drug-likeness (QED) is 0.566. The van der Waals surface area contributed by atoms with Gasteiger partial charge < -0.3 is 15.3 Å². The predicted octanol–water partition coefficient (Wildman–Crippen LogP) is 0.481. The molecule has 21 heavy (non-hydrogen) atoms. The average molecular weight is 300 g/mol. The minimum absolute atomic E-state index is 0.0116. The fraction of sp³-hybridized carbons (Fsp3) is 0.933. The fourth-order valence-electron chi connectivity index (χ4n) is 3.49. The maximum Gasteiger partial charge on any atom is 0.303 e. The van der Waals surface area contributed by atoms with Crippen LogP contribution < -0.4 is 0 Å². The third kappa shape index (κ3) is 4.92. The maximum atomic E-state index is 10.5. The lowest BCUT2D eigenvalue weighted by Gasteiger charge is -2.33. The Kier molecular flexibility index (Phi) is 6.41. The number of carboxylic acids is 1. The molecule has 0 aromatic heterocycles. The smallest absolute Gasteiger partial charge is 0.303 e. The molecule has 2 aliphatic rings. The van der Waals surface area contributed by atoms with E-state index in [2.05, 4.69) is 9.80 Å². The van der Waals surface area contributed by atoms with E-state index in [0.717, 1.165) is 45.3 Å². The zero-order chi connectivity index (χ0) is 15.2. The van der Waals surface area contributed by atoms with Gasteiger partial charge in [-0.25, -0.2) is 0 Å². The first-order valence-corrected chi connectivity index (χ1v) is 8.14. The summed E-state index contributed by atoms with van der Waals surface area (Å²) in [4.78, 5) is 14.8. The van der Waals surface area contributed by atoms with Crippen molar-refractivity contribution in [3.63, 3.8) is 0 Å². The van der Waals surface area contributed by atoms with Crippen LogP contribution in [0.4, 0.5) is 0 Å². The van der Waals surface area contributed by atoms with Gasteiger partial charge in [-0.2, -0.15) is 0 Å². The van der Waals surface area contributed by atoms with Crippen molar-refractivity contribution < 1.29 is 20.1 Å². The number of aliphatic carboxylic acids is 1. The molecule has 6 heteroatoms. The Morgan fingerprint density at radius 1 is 1.19 bits per heavy atom. The topological polar surface area (TPSA) is 84.2 Å². The maximum absolute atomic E-state index is 10.5. The average Bonchev–Trinajstić information content (AvgIpc) is 3.06. The summed E-state index contributed by atoms with van der Waals surface area (Å²) >= 11 is 0. The van der Waals surface area contributed by atoms with E-state index in [4.69, 9.17) is 5.11 Å². The Morgan fingerprint density at radius 3 is 2.57 bits per heavy atom. The number of aliphatic hydroxyl groups is 2. The third-order valence-corrected chi connectivity index (χ3v) is 4.62. The molecule has 3 unspecified atom stereocenters. The molecule has 0 aliphatic carbocycles. The Hall–Kier alpha value is -0.690. The van der Waals surface area contributed by atoms with Gasteiger partial charge in [0.25, 0.3) is 0 Å². The van der Waals surface area contributed by atoms with Crippen molar-refractivity contribution in [3.05, 3.63) is 0 Å². The van der Waals surface area contributed by atoms with Gasteiger partial charge in [-0.1, -0.05) is 6.42 Å². The van der Waals surface area contributed by atoms with Gasteiger partial charge in [0, 0.05) is 26.1 Å². The number of hydrogen-bond donors (Lipinski definition) is 3. The van der Waals surface area contributed by atoms with Gasteiger partial charge in [-0.15, -0.1) is 0 Å². The standard InChI is InChI=1S/C15H28N2O4/c18-12-10-13(15(21)16-7-4-5-8-16)17(11-12)9-3-1-2-6-14(19)20/h12-13,15,18,21H,1-11H2,(H,19,20). The van der Waals surface area contributed by atoms with Crippen molar-refractivity contribution in [3.8, 4) is 0 Å². The lowest BCUT2D eigenvalue weighted by atomic mass is 10.1. The van der Waals surface area contributed by atoms with Crippen LogP contribution in [0.25, 0.3) is 0 Å². The number of carbonyl (C=O) groups is 1. The van der Waals surface area contributed by atoms with E-state index in [1.807, 2.05) is 0 Å². The fourth-order valence-corrected chi connectivity index (χ4v) is 3.49. The predicted molar refractivity (Wildman–Crippen MR) is 78.9 cm³/mol. The molecule has 0 bridgehead atoms. The molecule has 3 atom stereocenters. The first-order valence-electron chi connectivity index (χ1n) is 8.14. The number of carboxylic acid groups (broad SMARTS) is 1. The number of β-amino-alcohol motifs (C(OH)–C–C–N with tert-alkyl or cyclic N) is 1. The van der Waals surface area contributed by atoms with Crippen LogP contribution in [0.3, 0.4) is 0 Å². The molecule has 2 saturated heterocycles. The van der Waals surface area contributed by atoms with Crippen LogP contribution in [0, 0.1) is 0 Å². The van der Waals surface area contributed by atoms with Gasteiger partial charge in [0.2, 0.25) is 0 Å². The normalized spacial score (nSPS) is 29.0. The lowest BCUT2D eigenvalue weighted by molar-refractivity contribution is -0.137. The molecule has 122 valence electrons. The van der Waals surface area contributed by atoms with Crippen LogP contribution in [0.1, 0.15) is 44.9 Å². The van der Waals surface area contributed by atoms with Crippen molar-refractivity contribution >= 4 is 5.97 Å². The van der Waals surface area contributed by atoms with E-state index in [-0.39, 0.29) is 18.6 Å². The number of likely N-dealkylation sites (tertiary alicyclic amines) is 2. The molecule has 0 spiro atoms. The molecule has 0 saturated carbocycles. The van der Waals surface area contributed by atoms with Crippen LogP contribution in [0.5, 0.6) is 0 Å². The molecule has 2 aliphatic heterocycles. The van der Waals surface area contributed by atoms with E-state index >= 15 is 0 Å². The summed E-state index contributed by atoms with van der Waals surface area (Å²) in [6.45, 7) is 3.33. The summed E-state index contributed by atoms with van der Waals surface area (Å²) in [5, 5.41) is 29.0. The molecular weight excluding hydrogens is 272 g/mol. The minimum atomic E-state index is -0.742. The van der Waals surface area contributed by atoms with E-state index in [1.165, 1.54) is 0 Å². The second kappa shape index (κ2) is 8.08. The van der Waals surface area contributed by atoms with E-state index in [0.29, 0.717) is 19.4 Å². The first-order chi connectivity index (χ1) is 10.1. The van der Waals surface area contributed by atoms with Gasteiger partial charge >= 0.3 is 5.97 Å². The largest absolute Gasteiger partial charge is 0.481 e. The lowest BCUT2D eigenvalue weighted by Crippen LogP contribution is -2.48. The molecule has 0 radical (unpaired) electrons. The highest BCUT2D eigenvalue weighted by molar-refractivity contribution is 5.66. The summed E-state index contributed by atoms with van der Waals surface area (Å²) in [6.07, 6.45) is 4.80. The first kappa shape index (κ1) is 16.7. The molecule has 0 aromatic carbocycles. The van der Waals surface area contributed by atoms with Crippen LogP contribution in [0.15, 0.2) is 0 Å². The third-order valence-electron chi connectivity index (χ3n) is 4.62. The van der Waals surface area contributed by atoms with E-state index in [9.17, 15) is 15.0 Å². The van der Waals surface area contributed by atoms with Gasteiger partial charge in [0.1, 0.15) is 6.23 Å². The molecule has 6 nitrogen and oxygen atoms in total. The van der Waals surface area contributed by atoms with Crippen molar-refractivity contribution in [2.75, 3.05) is 26.2 Å².